The van der Waals surface area contributed by atoms with Gasteiger partial charge in [-0.05, 0) is 60.9 Å². The van der Waals surface area contributed by atoms with Crippen LogP contribution in [-0.2, 0) is 12.0 Å². The van der Waals surface area contributed by atoms with E-state index in [2.05, 4.69) is 75.5 Å². The average Bonchev–Trinajstić information content (AvgIpc) is 2.98. The summed E-state index contributed by atoms with van der Waals surface area (Å²) in [4.78, 5) is 4.74. The highest BCUT2D eigenvalue weighted by molar-refractivity contribution is 5.79. The predicted octanol–water partition coefficient (Wildman–Crippen LogP) is 10.8. The highest BCUT2D eigenvalue weighted by Crippen LogP contribution is 2.39. The van der Waals surface area contributed by atoms with Crippen LogP contribution in [0.1, 0.15) is 103 Å². The average molecular weight is 539 g/mol. The first-order valence-corrected chi connectivity index (χ1v) is 15.0. The van der Waals surface area contributed by atoms with Crippen LogP contribution in [0.2, 0.25) is 0 Å². The van der Waals surface area contributed by atoms with E-state index in [0.717, 1.165) is 34.6 Å². The van der Waals surface area contributed by atoms with Gasteiger partial charge in [-0.2, -0.15) is 0 Å². The molecule has 4 rings (SSSR count). The van der Waals surface area contributed by atoms with Gasteiger partial charge in [-0.15, -0.1) is 0 Å². The van der Waals surface area contributed by atoms with Crippen molar-refractivity contribution in [1.29, 1.82) is 0 Å². The number of hydrogen-bond acceptors (Lipinski definition) is 1. The van der Waals surface area contributed by atoms with Gasteiger partial charge in [-0.3, -0.25) is 4.99 Å². The second-order valence-electron chi connectivity index (χ2n) is 10.6. The third-order valence-electron chi connectivity index (χ3n) is 7.07. The lowest BCUT2D eigenvalue weighted by Gasteiger charge is -2.32. The molecule has 2 nitrogen and oxygen atoms in total. The van der Waals surface area contributed by atoms with Crippen LogP contribution in [0.3, 0.4) is 0 Å². The largest absolute Gasteiger partial charge is 0.388 e. The van der Waals surface area contributed by atoms with Gasteiger partial charge in [-0.25, -0.2) is 0 Å². The van der Waals surface area contributed by atoms with Crippen molar-refractivity contribution in [2.45, 2.75) is 92.5 Å². The van der Waals surface area contributed by atoms with Crippen molar-refractivity contribution < 1.29 is 0 Å². The summed E-state index contributed by atoms with van der Waals surface area (Å²) in [5, 5.41) is 0. The van der Waals surface area contributed by atoms with E-state index in [4.69, 9.17) is 10.7 Å². The van der Waals surface area contributed by atoms with Crippen LogP contribution in [-0.4, -0.2) is 5.84 Å². The minimum absolute atomic E-state index is 0.542. The van der Waals surface area contributed by atoms with E-state index in [0.29, 0.717) is 5.84 Å². The number of amidine groups is 1. The first-order valence-electron chi connectivity index (χ1n) is 15.0. The van der Waals surface area contributed by atoms with Crippen molar-refractivity contribution in [2.75, 3.05) is 0 Å². The molecule has 0 spiro atoms. The second-order valence-corrected chi connectivity index (χ2v) is 10.6. The fourth-order valence-electron chi connectivity index (χ4n) is 4.87. The van der Waals surface area contributed by atoms with Gasteiger partial charge in [0.05, 0.1) is 5.84 Å². The maximum absolute atomic E-state index is 5.90. The molecule has 1 fully saturated rings. The van der Waals surface area contributed by atoms with Crippen molar-refractivity contribution in [3.05, 3.63) is 126 Å². The van der Waals surface area contributed by atoms with Crippen molar-refractivity contribution in [3.8, 4) is 0 Å². The smallest absolute Gasteiger partial charge is 0.133 e. The molecule has 0 aromatic heterocycles. The predicted molar refractivity (Wildman–Crippen MR) is 180 cm³/mol. The van der Waals surface area contributed by atoms with E-state index in [9.17, 15) is 0 Å². The Morgan fingerprint density at radius 3 is 1.65 bits per heavy atom. The molecular formula is C38H54N2. The Kier molecular flexibility index (Phi) is 16.3. The summed E-state index contributed by atoms with van der Waals surface area (Å²) in [7, 11) is 0. The molecular weight excluding hydrogens is 484 g/mol. The van der Waals surface area contributed by atoms with E-state index in [1.54, 1.807) is 0 Å². The number of benzene rings is 3. The number of aliphatic imine (C=N–C) groups is 1. The summed E-state index contributed by atoms with van der Waals surface area (Å²) in [5.41, 5.74) is 12.1. The Morgan fingerprint density at radius 2 is 1.30 bits per heavy atom. The first-order chi connectivity index (χ1) is 19.2. The Hall–Kier alpha value is -3.39. The molecule has 1 saturated carbocycles. The molecule has 40 heavy (non-hydrogen) atoms. The summed E-state index contributed by atoms with van der Waals surface area (Å²) in [6.45, 7) is 22.4. The van der Waals surface area contributed by atoms with Crippen molar-refractivity contribution >= 4 is 11.4 Å². The van der Waals surface area contributed by atoms with Gasteiger partial charge >= 0.3 is 0 Å². The van der Waals surface area contributed by atoms with Gasteiger partial charge in [0, 0.05) is 0 Å². The zero-order valence-electron chi connectivity index (χ0n) is 26.3. The molecule has 0 atom stereocenters. The van der Waals surface area contributed by atoms with Crippen LogP contribution in [0.5, 0.6) is 0 Å². The zero-order valence-corrected chi connectivity index (χ0v) is 26.3. The first kappa shape index (κ1) is 34.6. The number of aryl methyl sites for hydroxylation is 1. The zero-order chi connectivity index (χ0) is 30.0. The molecule has 0 saturated heterocycles. The number of nitrogens with zero attached hydrogens (tertiary/aromatic N) is 1. The van der Waals surface area contributed by atoms with Gasteiger partial charge in [0.15, 0.2) is 0 Å². The highest BCUT2D eigenvalue weighted by atomic mass is 14.9. The summed E-state index contributed by atoms with van der Waals surface area (Å²) in [6.07, 6.45) is 8.54. The lowest BCUT2D eigenvalue weighted by atomic mass is 9.78. The molecule has 0 heterocycles. The SMILES string of the molecule is C=C(C)C(N=C(C)N)(c1ccccc1)c1ccccc1.C=C(C)c1cccc(CC)c1.CC.CC1CCCCC1. The van der Waals surface area contributed by atoms with Crippen LogP contribution in [0, 0.1) is 5.92 Å². The molecule has 0 amide bonds. The van der Waals surface area contributed by atoms with Crippen molar-refractivity contribution in [2.24, 2.45) is 16.6 Å². The molecule has 0 radical (unpaired) electrons. The molecule has 2 heteroatoms. The van der Waals surface area contributed by atoms with Gasteiger partial charge in [0.1, 0.15) is 5.54 Å². The van der Waals surface area contributed by atoms with E-state index in [1.165, 1.54) is 43.2 Å². The van der Waals surface area contributed by atoms with Crippen molar-refractivity contribution in [3.63, 3.8) is 0 Å². The second kappa shape index (κ2) is 18.8. The van der Waals surface area contributed by atoms with Crippen LogP contribution < -0.4 is 5.73 Å². The summed E-state index contributed by atoms with van der Waals surface area (Å²) < 4.78 is 0. The van der Waals surface area contributed by atoms with Gasteiger partial charge in [0.25, 0.3) is 0 Å². The van der Waals surface area contributed by atoms with Crippen LogP contribution in [0.25, 0.3) is 5.57 Å². The molecule has 0 aliphatic heterocycles. The molecule has 3 aromatic carbocycles. The fourth-order valence-corrected chi connectivity index (χ4v) is 4.87. The molecule has 2 N–H and O–H groups in total. The fraction of sp³-hybridized carbons (Fsp3) is 0.395. The Bertz CT molecular complexity index is 1110. The van der Waals surface area contributed by atoms with Crippen LogP contribution >= 0.6 is 0 Å². The summed E-state index contributed by atoms with van der Waals surface area (Å²) >= 11 is 0. The Morgan fingerprint density at radius 1 is 0.800 bits per heavy atom. The van der Waals surface area contributed by atoms with Crippen molar-refractivity contribution in [1.82, 2.24) is 0 Å². The van der Waals surface area contributed by atoms with E-state index < -0.39 is 5.54 Å². The molecule has 216 valence electrons. The topological polar surface area (TPSA) is 38.4 Å². The summed E-state index contributed by atoms with van der Waals surface area (Å²) in [5.74, 6) is 1.58. The molecule has 0 bridgehead atoms. The Labute approximate surface area is 246 Å². The maximum Gasteiger partial charge on any atom is 0.133 e. The maximum atomic E-state index is 5.90. The van der Waals surface area contributed by atoms with E-state index >= 15 is 0 Å². The lowest BCUT2D eigenvalue weighted by Crippen LogP contribution is -2.29. The number of rotatable bonds is 6. The number of nitrogens with two attached hydrogens (primary N) is 1. The van der Waals surface area contributed by atoms with Gasteiger partial charge in [0.2, 0.25) is 0 Å². The molecule has 0 unspecified atom stereocenters. The van der Waals surface area contributed by atoms with Crippen LogP contribution in [0.15, 0.2) is 109 Å². The monoisotopic (exact) mass is 538 g/mol. The van der Waals surface area contributed by atoms with Crippen LogP contribution in [0.4, 0.5) is 0 Å². The highest BCUT2D eigenvalue weighted by Gasteiger charge is 2.34. The quantitative estimate of drug-likeness (QED) is 0.189. The minimum Gasteiger partial charge on any atom is -0.388 e. The van der Waals surface area contributed by atoms with Gasteiger partial charge in [-0.1, -0.05) is 163 Å². The number of hydrogen-bond donors (Lipinski definition) is 1. The molecule has 3 aromatic rings. The molecule has 1 aliphatic rings. The summed E-state index contributed by atoms with van der Waals surface area (Å²) in [6, 6.07) is 28.8. The third-order valence-corrected chi connectivity index (χ3v) is 7.07. The lowest BCUT2D eigenvalue weighted by molar-refractivity contribution is 0.385. The van der Waals surface area contributed by atoms with E-state index in [1.807, 2.05) is 71.0 Å². The third kappa shape index (κ3) is 11.0. The Balaban J connectivity index is 0.000000334. The minimum atomic E-state index is -0.624. The standard InChI is InChI=1S/C18H20N2.C11H14.C7H14.C2H6/c1-14(2)18(20-15(3)19,16-10-6-4-7-11-16)17-12-8-5-9-13-17;1-4-10-6-5-7-11(8-10)9(2)3;1-7-5-3-2-4-6-7;1-2/h4-13H,1H2,2-3H3,(H2,19,20);5-8H,2,4H2,1,3H3;7H,2-6H2,1H3;1-2H3. The van der Waals surface area contributed by atoms with E-state index in [-0.39, 0.29) is 0 Å². The number of allylic oxidation sites excluding steroid dienone is 1. The van der Waals surface area contributed by atoms with Gasteiger partial charge < -0.3 is 5.73 Å². The normalized spacial score (nSPS) is 13.3. The molecule has 1 aliphatic carbocycles.